The van der Waals surface area contributed by atoms with Gasteiger partial charge >= 0.3 is 0 Å². The van der Waals surface area contributed by atoms with Crippen LogP contribution >= 0.6 is 0 Å². The first-order valence-electron chi connectivity index (χ1n) is 5.62. The largest absolute Gasteiger partial charge is 0.393 e. The fourth-order valence-electron chi connectivity index (χ4n) is 1.74. The molecule has 13 heavy (non-hydrogen) atoms. The second kappa shape index (κ2) is 5.64. The maximum Gasteiger partial charge on any atom is 0.0545 e. The zero-order chi connectivity index (χ0) is 10.5. The Bertz CT molecular complexity index is 129. The van der Waals surface area contributed by atoms with E-state index in [0.29, 0.717) is 5.41 Å². The minimum Gasteiger partial charge on any atom is -0.393 e. The van der Waals surface area contributed by atoms with Crippen LogP contribution in [0.25, 0.3) is 0 Å². The van der Waals surface area contributed by atoms with E-state index in [1.165, 1.54) is 12.8 Å². The molecule has 80 valence electrons. The molecule has 0 aromatic carbocycles. The second-order valence-electron chi connectivity index (χ2n) is 5.03. The third kappa shape index (κ3) is 4.66. The van der Waals surface area contributed by atoms with Gasteiger partial charge < -0.3 is 5.11 Å². The first-order valence-corrected chi connectivity index (χ1v) is 5.62. The maximum atomic E-state index is 9.36. The molecular weight excluding hydrogens is 160 g/mol. The second-order valence-corrected chi connectivity index (χ2v) is 5.03. The fraction of sp³-hybridized carbons (Fsp3) is 1.00. The van der Waals surface area contributed by atoms with Gasteiger partial charge in [-0.25, -0.2) is 0 Å². The third-order valence-electron chi connectivity index (χ3n) is 3.03. The van der Waals surface area contributed by atoms with Gasteiger partial charge in [0, 0.05) is 0 Å². The number of hydrogen-bond donors (Lipinski definition) is 1. The lowest BCUT2D eigenvalue weighted by Gasteiger charge is -2.38. The molecule has 0 aliphatic heterocycles. The summed E-state index contributed by atoms with van der Waals surface area (Å²) < 4.78 is 0. The molecule has 1 aliphatic rings. The Morgan fingerprint density at radius 2 is 1.69 bits per heavy atom. The maximum absolute atomic E-state index is 9.36. The molecule has 0 radical (unpaired) electrons. The molecule has 1 aliphatic carbocycles. The SMILES string of the molecule is CCC.C[C@H]1CC[C@H](O)CC1(C)C. The van der Waals surface area contributed by atoms with E-state index in [1.54, 1.807) is 0 Å². The fourth-order valence-corrected chi connectivity index (χ4v) is 1.74. The quantitative estimate of drug-likeness (QED) is 0.612. The molecule has 0 spiro atoms. The Balaban J connectivity index is 0.000000424. The van der Waals surface area contributed by atoms with Gasteiger partial charge in [0.2, 0.25) is 0 Å². The van der Waals surface area contributed by atoms with Crippen molar-refractivity contribution in [1.82, 2.24) is 0 Å². The minimum absolute atomic E-state index is 0.0359. The zero-order valence-electron chi connectivity index (χ0n) is 9.93. The van der Waals surface area contributed by atoms with Crippen LogP contribution < -0.4 is 0 Å². The van der Waals surface area contributed by atoms with Gasteiger partial charge in [-0.05, 0) is 30.6 Å². The van der Waals surface area contributed by atoms with Crippen molar-refractivity contribution in [2.45, 2.75) is 66.4 Å². The molecule has 0 bridgehead atoms. The summed E-state index contributed by atoms with van der Waals surface area (Å²) in [5.41, 5.74) is 0.359. The van der Waals surface area contributed by atoms with Gasteiger partial charge in [-0.1, -0.05) is 41.0 Å². The highest BCUT2D eigenvalue weighted by molar-refractivity contribution is 4.83. The number of rotatable bonds is 0. The Morgan fingerprint density at radius 3 is 2.00 bits per heavy atom. The van der Waals surface area contributed by atoms with Gasteiger partial charge in [0.15, 0.2) is 0 Å². The van der Waals surface area contributed by atoms with E-state index in [4.69, 9.17) is 0 Å². The van der Waals surface area contributed by atoms with Crippen LogP contribution in [0.5, 0.6) is 0 Å². The van der Waals surface area contributed by atoms with Crippen LogP contribution in [0.15, 0.2) is 0 Å². The normalized spacial score (nSPS) is 31.8. The summed E-state index contributed by atoms with van der Waals surface area (Å²) in [6.45, 7) is 11.0. The summed E-state index contributed by atoms with van der Waals surface area (Å²) in [5, 5.41) is 9.36. The summed E-state index contributed by atoms with van der Waals surface area (Å²) in [6, 6.07) is 0. The molecule has 1 heteroatoms. The molecule has 0 aromatic heterocycles. The number of aliphatic hydroxyl groups excluding tert-OH is 1. The lowest BCUT2D eigenvalue weighted by Crippen LogP contribution is -2.32. The zero-order valence-corrected chi connectivity index (χ0v) is 9.93. The Kier molecular flexibility index (Phi) is 5.62. The molecule has 1 fully saturated rings. The highest BCUT2D eigenvalue weighted by Crippen LogP contribution is 2.39. The summed E-state index contributed by atoms with van der Waals surface area (Å²) in [6.07, 6.45) is 4.39. The van der Waals surface area contributed by atoms with Gasteiger partial charge in [0.05, 0.1) is 6.10 Å². The Morgan fingerprint density at radius 1 is 1.23 bits per heavy atom. The van der Waals surface area contributed by atoms with E-state index >= 15 is 0 Å². The predicted octanol–water partition coefficient (Wildman–Crippen LogP) is 3.61. The van der Waals surface area contributed by atoms with E-state index in [2.05, 4.69) is 34.6 Å². The number of aliphatic hydroxyl groups is 1. The molecule has 0 aromatic rings. The molecule has 0 unspecified atom stereocenters. The van der Waals surface area contributed by atoms with Crippen molar-refractivity contribution in [3.8, 4) is 0 Å². The lowest BCUT2D eigenvalue weighted by molar-refractivity contribution is 0.0300. The molecule has 1 rings (SSSR count). The minimum atomic E-state index is -0.0359. The van der Waals surface area contributed by atoms with Crippen molar-refractivity contribution in [3.63, 3.8) is 0 Å². The Hall–Kier alpha value is -0.0400. The van der Waals surface area contributed by atoms with Crippen molar-refractivity contribution in [2.75, 3.05) is 0 Å². The number of hydrogen-bond acceptors (Lipinski definition) is 1. The van der Waals surface area contributed by atoms with Crippen molar-refractivity contribution < 1.29 is 5.11 Å². The van der Waals surface area contributed by atoms with E-state index < -0.39 is 0 Å². The summed E-state index contributed by atoms with van der Waals surface area (Å²) >= 11 is 0. The molecule has 1 N–H and O–H groups in total. The van der Waals surface area contributed by atoms with Crippen molar-refractivity contribution in [2.24, 2.45) is 11.3 Å². The first kappa shape index (κ1) is 13.0. The van der Waals surface area contributed by atoms with E-state index in [0.717, 1.165) is 18.8 Å². The highest BCUT2D eigenvalue weighted by Gasteiger charge is 2.32. The summed E-state index contributed by atoms with van der Waals surface area (Å²) in [7, 11) is 0. The summed E-state index contributed by atoms with van der Waals surface area (Å²) in [5.74, 6) is 0.774. The van der Waals surface area contributed by atoms with Crippen LogP contribution in [0.4, 0.5) is 0 Å². The van der Waals surface area contributed by atoms with Gasteiger partial charge in [-0.3, -0.25) is 0 Å². The molecule has 0 saturated heterocycles. The average molecular weight is 186 g/mol. The van der Waals surface area contributed by atoms with Crippen LogP contribution in [0.1, 0.15) is 60.3 Å². The Labute approximate surface area is 83.5 Å². The molecule has 1 saturated carbocycles. The van der Waals surface area contributed by atoms with Crippen LogP contribution in [0.2, 0.25) is 0 Å². The monoisotopic (exact) mass is 186 g/mol. The molecule has 2 atom stereocenters. The lowest BCUT2D eigenvalue weighted by atomic mass is 9.69. The van der Waals surface area contributed by atoms with Crippen LogP contribution in [0.3, 0.4) is 0 Å². The van der Waals surface area contributed by atoms with Gasteiger partial charge in [0.1, 0.15) is 0 Å². The molecule has 1 nitrogen and oxygen atoms in total. The van der Waals surface area contributed by atoms with Gasteiger partial charge in [0.25, 0.3) is 0 Å². The third-order valence-corrected chi connectivity index (χ3v) is 3.03. The van der Waals surface area contributed by atoms with Crippen LogP contribution in [-0.4, -0.2) is 11.2 Å². The smallest absolute Gasteiger partial charge is 0.0545 e. The van der Waals surface area contributed by atoms with Crippen LogP contribution in [0, 0.1) is 11.3 Å². The molecule has 0 heterocycles. The van der Waals surface area contributed by atoms with Crippen LogP contribution in [-0.2, 0) is 0 Å². The first-order chi connectivity index (χ1) is 5.94. The molecule has 0 amide bonds. The van der Waals surface area contributed by atoms with Gasteiger partial charge in [-0.15, -0.1) is 0 Å². The topological polar surface area (TPSA) is 20.2 Å². The van der Waals surface area contributed by atoms with E-state index in [-0.39, 0.29) is 6.10 Å². The average Bonchev–Trinajstić information content (AvgIpc) is 1.98. The highest BCUT2D eigenvalue weighted by atomic mass is 16.3. The van der Waals surface area contributed by atoms with Gasteiger partial charge in [-0.2, -0.15) is 0 Å². The predicted molar refractivity (Wildman–Crippen MR) is 58.8 cm³/mol. The summed E-state index contributed by atoms with van der Waals surface area (Å²) in [4.78, 5) is 0. The van der Waals surface area contributed by atoms with E-state index in [1.807, 2.05) is 0 Å². The standard InChI is InChI=1S/C9H18O.C3H8/c1-7-4-5-8(10)6-9(7,2)3;1-3-2/h7-8,10H,4-6H2,1-3H3;3H2,1-2H3/t7-,8-;/m0./s1. The molecular formula is C12H26O. The van der Waals surface area contributed by atoms with E-state index in [9.17, 15) is 5.11 Å². The van der Waals surface area contributed by atoms with Crippen molar-refractivity contribution >= 4 is 0 Å². The van der Waals surface area contributed by atoms with Crippen molar-refractivity contribution in [3.05, 3.63) is 0 Å². The van der Waals surface area contributed by atoms with Crippen molar-refractivity contribution in [1.29, 1.82) is 0 Å².